The molecule has 2 aliphatic carbocycles. The van der Waals surface area contributed by atoms with E-state index in [2.05, 4.69) is 15.0 Å². The number of amidine groups is 1. The van der Waals surface area contributed by atoms with Crippen LogP contribution < -0.4 is 5.73 Å². The normalized spacial score (nSPS) is 29.4. The van der Waals surface area contributed by atoms with E-state index in [0.717, 1.165) is 19.0 Å². The summed E-state index contributed by atoms with van der Waals surface area (Å²) in [6.07, 6.45) is 6.03. The molecule has 3 fully saturated rings. The standard InChI is InChI=1S/C13H24N4O/c14-12(15-18)9-13(3-4-13)10-16-5-7-17(8-6-16)11-1-2-11/h11,18H,1-10H2,(H2,14,15). The Labute approximate surface area is 109 Å². The lowest BCUT2D eigenvalue weighted by molar-refractivity contribution is 0.109. The van der Waals surface area contributed by atoms with E-state index < -0.39 is 0 Å². The molecule has 3 N–H and O–H groups in total. The molecule has 18 heavy (non-hydrogen) atoms. The van der Waals surface area contributed by atoms with E-state index in [-0.39, 0.29) is 0 Å². The summed E-state index contributed by atoms with van der Waals surface area (Å²) in [6.45, 7) is 5.96. The van der Waals surface area contributed by atoms with Crippen LogP contribution in [0.3, 0.4) is 0 Å². The van der Waals surface area contributed by atoms with Crippen LogP contribution in [-0.2, 0) is 0 Å². The lowest BCUT2D eigenvalue weighted by atomic mass is 10.0. The maximum atomic E-state index is 8.68. The van der Waals surface area contributed by atoms with Crippen molar-refractivity contribution < 1.29 is 5.21 Å². The SMILES string of the molecule is NC(CC1(CN2CCN(C3CC3)CC2)CC1)=NO. The molecule has 2 saturated carbocycles. The smallest absolute Gasteiger partial charge is 0.139 e. The van der Waals surface area contributed by atoms with E-state index in [9.17, 15) is 0 Å². The van der Waals surface area contributed by atoms with Crippen LogP contribution in [0, 0.1) is 5.41 Å². The van der Waals surface area contributed by atoms with Crippen LogP contribution in [0.5, 0.6) is 0 Å². The van der Waals surface area contributed by atoms with Crippen LogP contribution in [0.2, 0.25) is 0 Å². The summed E-state index contributed by atoms with van der Waals surface area (Å²) >= 11 is 0. The van der Waals surface area contributed by atoms with Gasteiger partial charge in [0.05, 0.1) is 0 Å². The predicted molar refractivity (Wildman–Crippen MR) is 70.7 cm³/mol. The van der Waals surface area contributed by atoms with Crippen LogP contribution in [0.1, 0.15) is 32.1 Å². The van der Waals surface area contributed by atoms with E-state index in [0.29, 0.717) is 11.3 Å². The van der Waals surface area contributed by atoms with Crippen LogP contribution in [0.4, 0.5) is 0 Å². The van der Waals surface area contributed by atoms with Crippen molar-refractivity contribution in [3.05, 3.63) is 0 Å². The quantitative estimate of drug-likeness (QED) is 0.327. The molecule has 0 atom stereocenters. The molecule has 1 aliphatic heterocycles. The molecule has 0 bridgehead atoms. The zero-order valence-electron chi connectivity index (χ0n) is 11.0. The van der Waals surface area contributed by atoms with Gasteiger partial charge in [-0.15, -0.1) is 0 Å². The fourth-order valence-corrected chi connectivity index (χ4v) is 3.19. The van der Waals surface area contributed by atoms with Crippen LogP contribution in [-0.4, -0.2) is 59.6 Å². The van der Waals surface area contributed by atoms with Crippen molar-refractivity contribution in [2.75, 3.05) is 32.7 Å². The molecule has 0 amide bonds. The van der Waals surface area contributed by atoms with Gasteiger partial charge in [0.25, 0.3) is 0 Å². The zero-order chi connectivity index (χ0) is 12.6. The third kappa shape index (κ3) is 2.78. The molecule has 102 valence electrons. The summed E-state index contributed by atoms with van der Waals surface area (Å²) in [5.74, 6) is 0.393. The molecule has 0 aromatic carbocycles. The Kier molecular flexibility index (Phi) is 3.20. The number of hydrogen-bond donors (Lipinski definition) is 2. The fraction of sp³-hybridized carbons (Fsp3) is 0.923. The Balaban J connectivity index is 1.46. The summed E-state index contributed by atoms with van der Waals surface area (Å²) in [7, 11) is 0. The lowest BCUT2D eigenvalue weighted by Crippen LogP contribution is -2.49. The van der Waals surface area contributed by atoms with Gasteiger partial charge in [-0.2, -0.15) is 0 Å². The van der Waals surface area contributed by atoms with E-state index in [1.54, 1.807) is 0 Å². The number of oxime groups is 1. The highest BCUT2D eigenvalue weighted by Gasteiger charge is 2.45. The fourth-order valence-electron chi connectivity index (χ4n) is 3.19. The molecular formula is C13H24N4O. The lowest BCUT2D eigenvalue weighted by Gasteiger charge is -2.36. The van der Waals surface area contributed by atoms with E-state index in [1.165, 1.54) is 51.9 Å². The second-order valence-corrected chi connectivity index (χ2v) is 6.31. The van der Waals surface area contributed by atoms with Crippen molar-refractivity contribution in [3.8, 4) is 0 Å². The largest absolute Gasteiger partial charge is 0.409 e. The molecule has 1 heterocycles. The highest BCUT2D eigenvalue weighted by molar-refractivity contribution is 5.80. The molecule has 5 heteroatoms. The van der Waals surface area contributed by atoms with Gasteiger partial charge in [0.1, 0.15) is 5.84 Å². The minimum atomic E-state index is 0.318. The van der Waals surface area contributed by atoms with E-state index in [4.69, 9.17) is 10.9 Å². The van der Waals surface area contributed by atoms with E-state index >= 15 is 0 Å². The van der Waals surface area contributed by atoms with Gasteiger partial charge in [0.2, 0.25) is 0 Å². The van der Waals surface area contributed by atoms with Crippen molar-refractivity contribution in [1.82, 2.24) is 9.80 Å². The van der Waals surface area contributed by atoms with Crippen LogP contribution in [0.15, 0.2) is 5.16 Å². The third-order valence-electron chi connectivity index (χ3n) is 4.67. The number of hydrogen-bond acceptors (Lipinski definition) is 4. The monoisotopic (exact) mass is 252 g/mol. The first-order valence-electron chi connectivity index (χ1n) is 7.14. The highest BCUT2D eigenvalue weighted by atomic mass is 16.4. The first kappa shape index (κ1) is 12.2. The first-order chi connectivity index (χ1) is 8.71. The second kappa shape index (κ2) is 4.70. The molecule has 0 aromatic heterocycles. The number of nitrogens with zero attached hydrogens (tertiary/aromatic N) is 3. The average molecular weight is 252 g/mol. The molecule has 0 unspecified atom stereocenters. The van der Waals surface area contributed by atoms with Gasteiger partial charge in [-0.05, 0) is 31.1 Å². The first-order valence-corrected chi connectivity index (χ1v) is 7.14. The summed E-state index contributed by atoms with van der Waals surface area (Å²) in [4.78, 5) is 5.20. The van der Waals surface area contributed by atoms with Crippen molar-refractivity contribution in [3.63, 3.8) is 0 Å². The van der Waals surface area contributed by atoms with Gasteiger partial charge in [0, 0.05) is 45.2 Å². The minimum absolute atomic E-state index is 0.318. The van der Waals surface area contributed by atoms with Crippen LogP contribution >= 0.6 is 0 Å². The third-order valence-corrected chi connectivity index (χ3v) is 4.67. The molecule has 1 saturated heterocycles. The summed E-state index contributed by atoms with van der Waals surface area (Å²) in [5, 5.41) is 11.8. The van der Waals surface area contributed by atoms with Gasteiger partial charge >= 0.3 is 0 Å². The number of nitrogens with two attached hydrogens (primary N) is 1. The Hall–Kier alpha value is -0.810. The predicted octanol–water partition coefficient (Wildman–Crippen LogP) is 0.683. The number of rotatable bonds is 5. The van der Waals surface area contributed by atoms with Gasteiger partial charge in [-0.25, -0.2) is 0 Å². The zero-order valence-corrected chi connectivity index (χ0v) is 11.0. The van der Waals surface area contributed by atoms with Gasteiger partial charge < -0.3 is 15.8 Å². The Bertz CT molecular complexity index is 328. The van der Waals surface area contributed by atoms with Crippen molar-refractivity contribution in [2.24, 2.45) is 16.3 Å². The molecule has 0 radical (unpaired) electrons. The van der Waals surface area contributed by atoms with Crippen molar-refractivity contribution in [2.45, 2.75) is 38.1 Å². The molecule has 3 rings (SSSR count). The maximum absolute atomic E-state index is 8.68. The summed E-state index contributed by atoms with van der Waals surface area (Å²) in [6, 6.07) is 0.902. The van der Waals surface area contributed by atoms with Gasteiger partial charge in [0.15, 0.2) is 0 Å². The average Bonchev–Trinajstić information content (AvgIpc) is 3.26. The molecule has 0 aromatic rings. The van der Waals surface area contributed by atoms with Crippen LogP contribution in [0.25, 0.3) is 0 Å². The summed E-state index contributed by atoms with van der Waals surface area (Å²) < 4.78 is 0. The Morgan fingerprint density at radius 2 is 1.89 bits per heavy atom. The number of piperazine rings is 1. The summed E-state index contributed by atoms with van der Waals surface area (Å²) in [5.41, 5.74) is 5.97. The highest BCUT2D eigenvalue weighted by Crippen LogP contribution is 2.49. The Morgan fingerprint density at radius 3 is 2.39 bits per heavy atom. The molecule has 3 aliphatic rings. The van der Waals surface area contributed by atoms with Gasteiger partial charge in [-0.1, -0.05) is 5.16 Å². The maximum Gasteiger partial charge on any atom is 0.139 e. The second-order valence-electron chi connectivity index (χ2n) is 6.31. The van der Waals surface area contributed by atoms with Crippen molar-refractivity contribution in [1.29, 1.82) is 0 Å². The van der Waals surface area contributed by atoms with Crippen molar-refractivity contribution >= 4 is 5.84 Å². The molecule has 0 spiro atoms. The van der Waals surface area contributed by atoms with E-state index in [1.807, 2.05) is 0 Å². The Morgan fingerprint density at radius 1 is 1.22 bits per heavy atom. The van der Waals surface area contributed by atoms with Gasteiger partial charge in [-0.3, -0.25) is 4.90 Å². The molecule has 5 nitrogen and oxygen atoms in total. The topological polar surface area (TPSA) is 65.1 Å². The molecular weight excluding hydrogens is 228 g/mol. The minimum Gasteiger partial charge on any atom is -0.409 e.